The van der Waals surface area contributed by atoms with Crippen LogP contribution in [0.3, 0.4) is 0 Å². The predicted octanol–water partition coefficient (Wildman–Crippen LogP) is 6.65. The molecule has 2 N–H and O–H groups in total. The number of hydrogen-bond donors (Lipinski definition) is 2. The molecule has 200 valence electrons. The molecule has 1 saturated heterocycles. The van der Waals surface area contributed by atoms with Crippen LogP contribution < -0.4 is 10.6 Å². The average molecular weight is 538 g/mol. The molecule has 6 nitrogen and oxygen atoms in total. The van der Waals surface area contributed by atoms with Crippen molar-refractivity contribution in [1.29, 1.82) is 0 Å². The van der Waals surface area contributed by atoms with E-state index >= 15 is 0 Å². The van der Waals surface area contributed by atoms with E-state index in [1.54, 1.807) is 13.3 Å². The van der Waals surface area contributed by atoms with Crippen LogP contribution in [0.4, 0.5) is 5.82 Å². The third kappa shape index (κ3) is 8.29. The van der Waals surface area contributed by atoms with Crippen molar-refractivity contribution in [2.24, 2.45) is 11.8 Å². The number of hydrogen-bond acceptors (Lipinski definition) is 6. The highest BCUT2D eigenvalue weighted by Gasteiger charge is 2.23. The van der Waals surface area contributed by atoms with Crippen LogP contribution in [0.2, 0.25) is 10.0 Å². The van der Waals surface area contributed by atoms with Gasteiger partial charge in [-0.3, -0.25) is 4.98 Å². The summed E-state index contributed by atoms with van der Waals surface area (Å²) in [5.41, 5.74) is 2.60. The smallest absolute Gasteiger partial charge is 0.126 e. The van der Waals surface area contributed by atoms with Crippen LogP contribution in [0.15, 0.2) is 24.4 Å². The van der Waals surface area contributed by atoms with Gasteiger partial charge in [0.05, 0.1) is 22.3 Å². The summed E-state index contributed by atoms with van der Waals surface area (Å²) >= 11 is 13.1. The summed E-state index contributed by atoms with van der Waals surface area (Å²) in [6.45, 7) is 5.50. The van der Waals surface area contributed by atoms with Crippen molar-refractivity contribution in [2.75, 3.05) is 38.8 Å². The Balaban J connectivity index is 0.00000361. The minimum Gasteiger partial charge on any atom is -0.383 e. The van der Waals surface area contributed by atoms with E-state index < -0.39 is 0 Å². The minimum absolute atomic E-state index is 0. The van der Waals surface area contributed by atoms with Crippen molar-refractivity contribution in [3.8, 4) is 11.3 Å². The molecular formula is C28H42Cl2N4O2. The molecule has 0 bridgehead atoms. The summed E-state index contributed by atoms with van der Waals surface area (Å²) in [5, 5.41) is 8.34. The number of methoxy groups -OCH3 is 1. The number of rotatable bonds is 10. The van der Waals surface area contributed by atoms with Gasteiger partial charge in [0.15, 0.2) is 0 Å². The number of ether oxygens (including phenoxy) is 2. The van der Waals surface area contributed by atoms with E-state index in [1.165, 1.54) is 25.7 Å². The van der Waals surface area contributed by atoms with Gasteiger partial charge in [0.2, 0.25) is 0 Å². The Kier molecular flexibility index (Phi) is 11.7. The van der Waals surface area contributed by atoms with Gasteiger partial charge in [0, 0.05) is 56.4 Å². The van der Waals surface area contributed by atoms with Crippen molar-refractivity contribution in [2.45, 2.75) is 71.4 Å². The van der Waals surface area contributed by atoms with E-state index in [9.17, 15) is 0 Å². The van der Waals surface area contributed by atoms with E-state index in [-0.39, 0.29) is 7.43 Å². The molecule has 2 aliphatic rings. The predicted molar refractivity (Wildman–Crippen MR) is 150 cm³/mol. The third-order valence-corrected chi connectivity index (χ3v) is 7.81. The van der Waals surface area contributed by atoms with Crippen LogP contribution in [-0.2, 0) is 15.9 Å². The maximum atomic E-state index is 6.58. The van der Waals surface area contributed by atoms with Crippen molar-refractivity contribution in [3.63, 3.8) is 0 Å². The Morgan fingerprint density at radius 3 is 2.53 bits per heavy atom. The molecular weight excluding hydrogens is 495 g/mol. The van der Waals surface area contributed by atoms with Gasteiger partial charge in [-0.1, -0.05) is 30.6 Å². The normalized spacial score (nSPS) is 21.6. The number of anilines is 1. The molecule has 0 aromatic carbocycles. The standard InChI is InChI=1S/C27H38Cl2N4O2.CH4/c1-18(17-34-2)32-21-5-3-19(4-6-21)13-22-14-23(25(29)16-30-22)27-24(28)7-8-26(33-27)31-15-20-9-11-35-12-10-20;/h7-8,14,16,18-21,32H,3-6,9-13,15,17H2,1-2H3,(H,31,33);1H4/t18-,19?,21?;/m1./s1. The van der Waals surface area contributed by atoms with Gasteiger partial charge < -0.3 is 20.1 Å². The molecule has 1 atom stereocenters. The zero-order valence-electron chi connectivity index (χ0n) is 20.9. The van der Waals surface area contributed by atoms with Crippen LogP contribution in [0.5, 0.6) is 0 Å². The second-order valence-electron chi connectivity index (χ2n) is 10.1. The number of aromatic nitrogens is 2. The van der Waals surface area contributed by atoms with Gasteiger partial charge in [0.1, 0.15) is 5.82 Å². The van der Waals surface area contributed by atoms with Gasteiger partial charge in [-0.05, 0) is 81.9 Å². The topological polar surface area (TPSA) is 68.3 Å². The van der Waals surface area contributed by atoms with Crippen molar-refractivity contribution < 1.29 is 9.47 Å². The van der Waals surface area contributed by atoms with Gasteiger partial charge in [0.25, 0.3) is 0 Å². The van der Waals surface area contributed by atoms with Gasteiger partial charge in [-0.2, -0.15) is 0 Å². The van der Waals surface area contributed by atoms with Crippen LogP contribution in [0.1, 0.15) is 58.6 Å². The van der Waals surface area contributed by atoms with Crippen LogP contribution in [0.25, 0.3) is 11.3 Å². The number of nitrogens with one attached hydrogen (secondary N) is 2. The van der Waals surface area contributed by atoms with E-state index in [2.05, 4.69) is 28.6 Å². The van der Waals surface area contributed by atoms with E-state index in [4.69, 9.17) is 37.7 Å². The lowest BCUT2D eigenvalue weighted by Gasteiger charge is -2.31. The monoisotopic (exact) mass is 536 g/mol. The molecule has 0 amide bonds. The van der Waals surface area contributed by atoms with Gasteiger partial charge in [-0.15, -0.1) is 0 Å². The molecule has 0 radical (unpaired) electrons. The summed E-state index contributed by atoms with van der Waals surface area (Å²) in [5.74, 6) is 2.05. The molecule has 1 aliphatic heterocycles. The summed E-state index contributed by atoms with van der Waals surface area (Å²) in [6.07, 6.45) is 9.62. The molecule has 1 aliphatic carbocycles. The van der Waals surface area contributed by atoms with E-state index in [0.717, 1.165) is 62.7 Å². The first kappa shape index (κ1) is 29.1. The molecule has 4 rings (SSSR count). The van der Waals surface area contributed by atoms with E-state index in [0.29, 0.717) is 39.7 Å². The minimum atomic E-state index is 0. The zero-order valence-corrected chi connectivity index (χ0v) is 22.4. The Labute approximate surface area is 226 Å². The van der Waals surface area contributed by atoms with Crippen LogP contribution in [0, 0.1) is 11.8 Å². The molecule has 0 unspecified atom stereocenters. The van der Waals surface area contributed by atoms with E-state index in [1.807, 2.05) is 12.1 Å². The van der Waals surface area contributed by atoms with Crippen LogP contribution >= 0.6 is 23.2 Å². The zero-order chi connectivity index (χ0) is 24.6. The summed E-state index contributed by atoms with van der Waals surface area (Å²) in [7, 11) is 1.76. The first-order chi connectivity index (χ1) is 17.0. The molecule has 2 fully saturated rings. The summed E-state index contributed by atoms with van der Waals surface area (Å²) in [6, 6.07) is 6.86. The fraction of sp³-hybridized carbons (Fsp3) is 0.643. The maximum Gasteiger partial charge on any atom is 0.126 e. The van der Waals surface area contributed by atoms with Crippen molar-refractivity contribution in [3.05, 3.63) is 40.1 Å². The summed E-state index contributed by atoms with van der Waals surface area (Å²) < 4.78 is 10.7. The van der Waals surface area contributed by atoms with Crippen LogP contribution in [-0.4, -0.2) is 55.5 Å². The fourth-order valence-corrected chi connectivity index (χ4v) is 5.63. The highest BCUT2D eigenvalue weighted by Crippen LogP contribution is 2.34. The largest absolute Gasteiger partial charge is 0.383 e. The molecule has 0 spiro atoms. The second-order valence-corrected chi connectivity index (χ2v) is 10.9. The number of nitrogens with zero attached hydrogens (tertiary/aromatic N) is 2. The van der Waals surface area contributed by atoms with Crippen molar-refractivity contribution >= 4 is 29.0 Å². The Hall–Kier alpha value is -1.44. The summed E-state index contributed by atoms with van der Waals surface area (Å²) in [4.78, 5) is 9.46. The molecule has 1 saturated carbocycles. The lowest BCUT2D eigenvalue weighted by atomic mass is 9.83. The fourth-order valence-electron chi connectivity index (χ4n) is 5.23. The lowest BCUT2D eigenvalue weighted by Crippen LogP contribution is -2.41. The second kappa shape index (κ2) is 14.5. The third-order valence-electron chi connectivity index (χ3n) is 7.21. The molecule has 36 heavy (non-hydrogen) atoms. The molecule has 8 heteroatoms. The SMILES string of the molecule is C.COC[C@@H](C)NC1CCC(Cc2cc(-c3nc(NCC4CCOCC4)ccc3Cl)c(Cl)cn2)CC1. The lowest BCUT2D eigenvalue weighted by molar-refractivity contribution is 0.0699. The Bertz CT molecular complexity index is 947. The number of pyridine rings is 2. The van der Waals surface area contributed by atoms with Gasteiger partial charge >= 0.3 is 0 Å². The first-order valence-corrected chi connectivity index (χ1v) is 13.6. The van der Waals surface area contributed by atoms with Crippen molar-refractivity contribution in [1.82, 2.24) is 15.3 Å². The first-order valence-electron chi connectivity index (χ1n) is 12.9. The van der Waals surface area contributed by atoms with Gasteiger partial charge in [-0.25, -0.2) is 4.98 Å². The maximum absolute atomic E-state index is 6.58. The highest BCUT2D eigenvalue weighted by molar-refractivity contribution is 6.36. The molecule has 2 aromatic heterocycles. The molecule has 2 aromatic rings. The Morgan fingerprint density at radius 1 is 1.06 bits per heavy atom. The quantitative estimate of drug-likeness (QED) is 0.354. The highest BCUT2D eigenvalue weighted by atomic mass is 35.5. The molecule has 3 heterocycles. The Morgan fingerprint density at radius 2 is 1.81 bits per heavy atom. The number of halogens is 2. The average Bonchev–Trinajstić information content (AvgIpc) is 2.87.